The molecule has 2 fully saturated rings. The zero-order valence-corrected chi connectivity index (χ0v) is 12.4. The van der Waals surface area contributed by atoms with E-state index in [-0.39, 0.29) is 6.04 Å². The topological polar surface area (TPSA) is 41.3 Å². The van der Waals surface area contributed by atoms with Crippen molar-refractivity contribution in [1.82, 2.24) is 14.5 Å². The monoisotopic (exact) mass is 303 g/mol. The maximum Gasteiger partial charge on any atom is 0.166 e. The van der Waals surface area contributed by atoms with Gasteiger partial charge in [-0.25, -0.2) is 4.98 Å². The lowest BCUT2D eigenvalue weighted by atomic mass is 9.79. The van der Waals surface area contributed by atoms with E-state index in [0.29, 0.717) is 16.9 Å². The lowest BCUT2D eigenvalue weighted by molar-refractivity contribution is -0.103. The minimum absolute atomic E-state index is 0.243. The number of rotatable bonds is 2. The van der Waals surface area contributed by atoms with E-state index < -0.39 is 5.60 Å². The van der Waals surface area contributed by atoms with Crippen LogP contribution in [0.4, 0.5) is 0 Å². The zero-order valence-electron chi connectivity index (χ0n) is 10.9. The molecule has 2 atom stereocenters. The molecule has 2 aliphatic rings. The fraction of sp³-hybridized carbons (Fsp3) is 0.769. The molecule has 6 heteroatoms. The van der Waals surface area contributed by atoms with E-state index >= 15 is 0 Å². The number of fused-ring (bicyclic) bond motifs is 1. The smallest absolute Gasteiger partial charge is 0.166 e. The highest BCUT2D eigenvalue weighted by Gasteiger charge is 2.44. The summed E-state index contributed by atoms with van der Waals surface area (Å²) in [4.78, 5) is 6.42. The van der Waals surface area contributed by atoms with Crippen LogP contribution in [0.5, 0.6) is 0 Å². The summed E-state index contributed by atoms with van der Waals surface area (Å²) in [5.74, 6) is 0. The van der Waals surface area contributed by atoms with Crippen LogP contribution in [-0.2, 0) is 6.54 Å². The molecule has 0 bridgehead atoms. The molecule has 0 saturated carbocycles. The Morgan fingerprint density at radius 1 is 1.32 bits per heavy atom. The van der Waals surface area contributed by atoms with Crippen molar-refractivity contribution in [2.24, 2.45) is 0 Å². The van der Waals surface area contributed by atoms with Crippen LogP contribution in [0, 0.1) is 0 Å². The summed E-state index contributed by atoms with van der Waals surface area (Å²) < 4.78 is 1.77. The third-order valence-electron chi connectivity index (χ3n) is 4.47. The van der Waals surface area contributed by atoms with Gasteiger partial charge in [-0.3, -0.25) is 4.90 Å². The Balaban J connectivity index is 1.82. The molecule has 2 saturated heterocycles. The Morgan fingerprint density at radius 2 is 2.11 bits per heavy atom. The van der Waals surface area contributed by atoms with Gasteiger partial charge in [0.05, 0.1) is 18.5 Å². The molecular formula is C13H19Cl2N3O. The van der Waals surface area contributed by atoms with E-state index in [1.54, 1.807) is 10.9 Å². The Morgan fingerprint density at radius 3 is 2.84 bits per heavy atom. The van der Waals surface area contributed by atoms with Crippen LogP contribution < -0.4 is 0 Å². The number of imidazole rings is 1. The summed E-state index contributed by atoms with van der Waals surface area (Å²) in [5.41, 5.74) is -0.716. The third-order valence-corrected chi connectivity index (χ3v) is 5.24. The van der Waals surface area contributed by atoms with Crippen LogP contribution in [0.15, 0.2) is 6.33 Å². The first-order valence-electron chi connectivity index (χ1n) is 6.93. The van der Waals surface area contributed by atoms with E-state index in [0.717, 1.165) is 32.4 Å². The van der Waals surface area contributed by atoms with E-state index in [1.807, 2.05) is 0 Å². The lowest BCUT2D eigenvalue weighted by Gasteiger charge is -2.49. The molecule has 1 aromatic heterocycles. The van der Waals surface area contributed by atoms with Crippen molar-refractivity contribution in [2.75, 3.05) is 13.1 Å². The molecule has 4 nitrogen and oxygen atoms in total. The Hall–Kier alpha value is -0.290. The quantitative estimate of drug-likeness (QED) is 0.913. The third kappa shape index (κ3) is 2.51. The van der Waals surface area contributed by atoms with Gasteiger partial charge >= 0.3 is 0 Å². The van der Waals surface area contributed by atoms with Crippen LogP contribution in [0.3, 0.4) is 0 Å². The van der Waals surface area contributed by atoms with Crippen molar-refractivity contribution < 1.29 is 5.11 Å². The average Bonchev–Trinajstić information content (AvgIpc) is 2.71. The normalized spacial score (nSPS) is 32.3. The van der Waals surface area contributed by atoms with Gasteiger partial charge in [-0.2, -0.15) is 0 Å². The van der Waals surface area contributed by atoms with Crippen molar-refractivity contribution in [3.05, 3.63) is 16.6 Å². The van der Waals surface area contributed by atoms with Crippen LogP contribution >= 0.6 is 23.2 Å². The van der Waals surface area contributed by atoms with E-state index in [4.69, 9.17) is 23.2 Å². The largest absolute Gasteiger partial charge is 0.386 e. The van der Waals surface area contributed by atoms with Crippen LogP contribution in [0.25, 0.3) is 0 Å². The number of hydrogen-bond donors (Lipinski definition) is 1. The van der Waals surface area contributed by atoms with E-state index in [2.05, 4.69) is 9.88 Å². The molecule has 0 amide bonds. The summed E-state index contributed by atoms with van der Waals surface area (Å²) >= 11 is 12.0. The molecule has 0 unspecified atom stereocenters. The van der Waals surface area contributed by atoms with Crippen LogP contribution in [0.1, 0.15) is 32.1 Å². The van der Waals surface area contributed by atoms with Gasteiger partial charge in [0.25, 0.3) is 0 Å². The maximum absolute atomic E-state index is 11.1. The Labute approximate surface area is 123 Å². The molecule has 106 valence electrons. The molecule has 0 radical (unpaired) electrons. The number of aliphatic hydroxyl groups is 1. The van der Waals surface area contributed by atoms with Gasteiger partial charge in [-0.05, 0) is 38.8 Å². The summed E-state index contributed by atoms with van der Waals surface area (Å²) in [6.07, 6.45) is 6.97. The molecular weight excluding hydrogens is 285 g/mol. The highest BCUT2D eigenvalue weighted by Crippen LogP contribution is 2.36. The Bertz CT molecular complexity index is 463. The van der Waals surface area contributed by atoms with Crippen molar-refractivity contribution in [1.29, 1.82) is 0 Å². The van der Waals surface area contributed by atoms with Gasteiger partial charge in [0.15, 0.2) is 5.15 Å². The molecule has 1 N–H and O–H groups in total. The molecule has 19 heavy (non-hydrogen) atoms. The summed E-state index contributed by atoms with van der Waals surface area (Å²) in [7, 11) is 0. The second-order valence-electron chi connectivity index (χ2n) is 5.71. The molecule has 2 aliphatic heterocycles. The molecule has 0 spiro atoms. The first kappa shape index (κ1) is 13.7. The summed E-state index contributed by atoms with van der Waals surface area (Å²) in [6, 6.07) is 0.243. The van der Waals surface area contributed by atoms with Gasteiger partial charge in [0, 0.05) is 6.04 Å². The zero-order chi connectivity index (χ0) is 13.5. The standard InChI is InChI=1S/C13H19Cl2N3O/c14-11-12(15)18(9-16-11)8-13(19)5-3-7-17-6-2-1-4-10(13)17/h9-10,19H,1-8H2/t10-,13-/m1/s1. The predicted octanol–water partition coefficient (Wildman–Crippen LogP) is 2.57. The molecule has 0 aromatic carbocycles. The van der Waals surface area contributed by atoms with Gasteiger partial charge in [-0.1, -0.05) is 29.6 Å². The van der Waals surface area contributed by atoms with Crippen molar-refractivity contribution in [3.63, 3.8) is 0 Å². The van der Waals surface area contributed by atoms with E-state index in [9.17, 15) is 5.11 Å². The SMILES string of the molecule is O[C@@]1(Cn2cnc(Cl)c2Cl)CCCN2CCCC[C@@H]21. The summed E-state index contributed by atoms with van der Waals surface area (Å²) in [5, 5.41) is 11.8. The van der Waals surface area contributed by atoms with Crippen LogP contribution in [0.2, 0.25) is 10.3 Å². The van der Waals surface area contributed by atoms with Gasteiger partial charge in [0.2, 0.25) is 0 Å². The molecule has 1 aromatic rings. The number of aromatic nitrogens is 2. The van der Waals surface area contributed by atoms with Gasteiger partial charge in [0.1, 0.15) is 5.15 Å². The van der Waals surface area contributed by atoms with E-state index in [1.165, 1.54) is 12.8 Å². The number of piperidine rings is 2. The molecule has 3 heterocycles. The molecule has 0 aliphatic carbocycles. The second-order valence-corrected chi connectivity index (χ2v) is 6.42. The van der Waals surface area contributed by atoms with Crippen LogP contribution in [-0.4, -0.2) is 44.3 Å². The number of nitrogens with zero attached hydrogens (tertiary/aromatic N) is 3. The average molecular weight is 304 g/mol. The minimum Gasteiger partial charge on any atom is -0.386 e. The van der Waals surface area contributed by atoms with Crippen molar-refractivity contribution in [3.8, 4) is 0 Å². The fourth-order valence-corrected chi connectivity index (χ4v) is 3.86. The molecule has 3 rings (SSSR count). The first-order valence-corrected chi connectivity index (χ1v) is 7.68. The fourth-order valence-electron chi connectivity index (χ4n) is 3.55. The first-order chi connectivity index (χ1) is 9.10. The predicted molar refractivity (Wildman–Crippen MR) is 75.6 cm³/mol. The number of hydrogen-bond acceptors (Lipinski definition) is 3. The van der Waals surface area contributed by atoms with Crippen molar-refractivity contribution >= 4 is 23.2 Å². The van der Waals surface area contributed by atoms with Crippen molar-refractivity contribution in [2.45, 2.75) is 50.3 Å². The number of halogens is 2. The Kier molecular flexibility index (Phi) is 3.78. The maximum atomic E-state index is 11.1. The highest BCUT2D eigenvalue weighted by molar-refractivity contribution is 6.40. The summed E-state index contributed by atoms with van der Waals surface area (Å²) in [6.45, 7) is 2.68. The minimum atomic E-state index is -0.716. The lowest BCUT2D eigenvalue weighted by Crippen LogP contribution is -2.60. The second kappa shape index (κ2) is 5.24. The van der Waals surface area contributed by atoms with Gasteiger partial charge < -0.3 is 9.67 Å². The highest BCUT2D eigenvalue weighted by atomic mass is 35.5. The van der Waals surface area contributed by atoms with Gasteiger partial charge in [-0.15, -0.1) is 0 Å².